The zero-order valence-corrected chi connectivity index (χ0v) is 15.7. The van der Waals surface area contributed by atoms with Crippen molar-refractivity contribution in [2.24, 2.45) is 0 Å². The number of amides is 1. The average Bonchev–Trinajstić information content (AvgIpc) is 2.55. The summed E-state index contributed by atoms with van der Waals surface area (Å²) in [5.74, 6) is 0.279. The number of hydrogen-bond acceptors (Lipinski definition) is 3. The van der Waals surface area contributed by atoms with E-state index in [1.54, 1.807) is 0 Å². The standard InChI is InChI=1S/C20H33N3O/c1-5-22(6-2)19-12-10-17(14-18(19)21)11-13-20(24)23-15(3)8-7-9-16(23)4/h10,12,14-16H,5-9,11,13,21H2,1-4H3. The second-order valence-corrected chi connectivity index (χ2v) is 7.00. The lowest BCUT2D eigenvalue weighted by Gasteiger charge is -2.39. The van der Waals surface area contributed by atoms with E-state index in [4.69, 9.17) is 5.73 Å². The predicted octanol–water partition coefficient (Wildman–Crippen LogP) is 3.84. The lowest BCUT2D eigenvalue weighted by molar-refractivity contribution is -0.137. The number of piperidine rings is 1. The van der Waals surface area contributed by atoms with Crippen LogP contribution in [0.5, 0.6) is 0 Å². The van der Waals surface area contributed by atoms with Crippen LogP contribution in [0.1, 0.15) is 58.9 Å². The van der Waals surface area contributed by atoms with E-state index in [9.17, 15) is 4.79 Å². The number of nitrogens with zero attached hydrogens (tertiary/aromatic N) is 2. The number of likely N-dealkylation sites (tertiary alicyclic amines) is 1. The number of aryl methyl sites for hydroxylation is 1. The molecule has 4 heteroatoms. The molecule has 0 spiro atoms. The quantitative estimate of drug-likeness (QED) is 0.806. The van der Waals surface area contributed by atoms with E-state index in [2.05, 4.69) is 49.6 Å². The van der Waals surface area contributed by atoms with Crippen molar-refractivity contribution < 1.29 is 4.79 Å². The maximum Gasteiger partial charge on any atom is 0.223 e. The van der Waals surface area contributed by atoms with Crippen molar-refractivity contribution in [2.75, 3.05) is 23.7 Å². The summed E-state index contributed by atoms with van der Waals surface area (Å²) in [7, 11) is 0. The van der Waals surface area contributed by atoms with Gasteiger partial charge in [0.2, 0.25) is 5.91 Å². The van der Waals surface area contributed by atoms with Gasteiger partial charge in [-0.05, 0) is 71.1 Å². The molecule has 0 aliphatic carbocycles. The maximum atomic E-state index is 12.6. The first kappa shape index (κ1) is 18.6. The summed E-state index contributed by atoms with van der Waals surface area (Å²) in [6.07, 6.45) is 4.81. The van der Waals surface area contributed by atoms with Gasteiger partial charge in [-0.2, -0.15) is 0 Å². The topological polar surface area (TPSA) is 49.6 Å². The van der Waals surface area contributed by atoms with Crippen LogP contribution in [0.4, 0.5) is 11.4 Å². The van der Waals surface area contributed by atoms with Gasteiger partial charge >= 0.3 is 0 Å². The number of nitrogens with two attached hydrogens (primary N) is 1. The zero-order chi connectivity index (χ0) is 17.7. The molecule has 1 aliphatic heterocycles. The van der Waals surface area contributed by atoms with Gasteiger partial charge in [0, 0.05) is 31.6 Å². The fraction of sp³-hybridized carbons (Fsp3) is 0.650. The molecule has 1 aliphatic rings. The van der Waals surface area contributed by atoms with Gasteiger partial charge in [0.1, 0.15) is 0 Å². The maximum absolute atomic E-state index is 12.6. The zero-order valence-electron chi connectivity index (χ0n) is 15.7. The third kappa shape index (κ3) is 4.22. The summed E-state index contributed by atoms with van der Waals surface area (Å²) in [5.41, 5.74) is 9.28. The molecule has 0 radical (unpaired) electrons. The summed E-state index contributed by atoms with van der Waals surface area (Å²) in [4.78, 5) is 17.0. The molecule has 134 valence electrons. The number of rotatable bonds is 6. The summed E-state index contributed by atoms with van der Waals surface area (Å²) in [6, 6.07) is 6.98. The van der Waals surface area contributed by atoms with Crippen LogP contribution >= 0.6 is 0 Å². The Bertz CT molecular complexity index is 544. The molecular formula is C20H33N3O. The minimum atomic E-state index is 0.279. The number of benzene rings is 1. The van der Waals surface area contributed by atoms with Gasteiger partial charge in [-0.1, -0.05) is 6.07 Å². The van der Waals surface area contributed by atoms with Crippen LogP contribution < -0.4 is 10.6 Å². The number of nitrogen functional groups attached to an aromatic ring is 1. The Morgan fingerprint density at radius 3 is 2.38 bits per heavy atom. The number of carbonyl (C=O) groups is 1. The molecule has 2 unspecified atom stereocenters. The Balaban J connectivity index is 1.99. The molecule has 1 aromatic rings. The Kier molecular flexibility index (Phi) is 6.52. The number of anilines is 2. The fourth-order valence-electron chi connectivity index (χ4n) is 3.91. The fourth-order valence-corrected chi connectivity index (χ4v) is 3.91. The van der Waals surface area contributed by atoms with Crippen LogP contribution in [-0.2, 0) is 11.2 Å². The van der Waals surface area contributed by atoms with Crippen molar-refractivity contribution in [1.82, 2.24) is 4.90 Å². The van der Waals surface area contributed by atoms with E-state index in [-0.39, 0.29) is 5.91 Å². The van der Waals surface area contributed by atoms with E-state index in [1.807, 2.05) is 6.07 Å². The minimum absolute atomic E-state index is 0.279. The van der Waals surface area contributed by atoms with Gasteiger partial charge in [-0.15, -0.1) is 0 Å². The molecule has 2 N–H and O–H groups in total. The molecule has 4 nitrogen and oxygen atoms in total. The predicted molar refractivity (Wildman–Crippen MR) is 102 cm³/mol. The molecule has 1 aromatic carbocycles. The second-order valence-electron chi connectivity index (χ2n) is 7.00. The van der Waals surface area contributed by atoms with Gasteiger partial charge in [0.05, 0.1) is 11.4 Å². The van der Waals surface area contributed by atoms with Gasteiger partial charge in [-0.3, -0.25) is 4.79 Å². The van der Waals surface area contributed by atoms with Gasteiger partial charge in [0.15, 0.2) is 0 Å². The molecule has 0 bridgehead atoms. The molecule has 1 heterocycles. The van der Waals surface area contributed by atoms with E-state index in [1.165, 1.54) is 6.42 Å². The first-order valence-electron chi connectivity index (χ1n) is 9.42. The van der Waals surface area contributed by atoms with Crippen LogP contribution in [0.3, 0.4) is 0 Å². The molecular weight excluding hydrogens is 298 g/mol. The molecule has 2 atom stereocenters. The van der Waals surface area contributed by atoms with Crippen molar-refractivity contribution in [3.05, 3.63) is 23.8 Å². The van der Waals surface area contributed by atoms with Crippen molar-refractivity contribution in [2.45, 2.75) is 71.9 Å². The summed E-state index contributed by atoms with van der Waals surface area (Å²) >= 11 is 0. The van der Waals surface area contributed by atoms with E-state index in [0.29, 0.717) is 18.5 Å². The van der Waals surface area contributed by atoms with E-state index < -0.39 is 0 Å². The molecule has 0 saturated carbocycles. The Morgan fingerprint density at radius 2 is 1.83 bits per heavy atom. The summed E-state index contributed by atoms with van der Waals surface area (Å²) in [5, 5.41) is 0. The highest BCUT2D eigenvalue weighted by Gasteiger charge is 2.28. The molecule has 0 aromatic heterocycles. The number of hydrogen-bond donors (Lipinski definition) is 1. The Hall–Kier alpha value is -1.71. The van der Waals surface area contributed by atoms with Crippen molar-refractivity contribution in [1.29, 1.82) is 0 Å². The molecule has 1 amide bonds. The third-order valence-corrected chi connectivity index (χ3v) is 5.31. The highest BCUT2D eigenvalue weighted by atomic mass is 16.2. The average molecular weight is 332 g/mol. The smallest absolute Gasteiger partial charge is 0.223 e. The van der Waals surface area contributed by atoms with Gasteiger partial charge < -0.3 is 15.5 Å². The monoisotopic (exact) mass is 331 g/mol. The van der Waals surface area contributed by atoms with E-state index >= 15 is 0 Å². The van der Waals surface area contributed by atoms with Crippen LogP contribution in [0.2, 0.25) is 0 Å². The largest absolute Gasteiger partial charge is 0.397 e. The highest BCUT2D eigenvalue weighted by Crippen LogP contribution is 2.26. The normalized spacial score (nSPS) is 20.9. The van der Waals surface area contributed by atoms with Crippen LogP contribution in [0.15, 0.2) is 18.2 Å². The summed E-state index contributed by atoms with van der Waals surface area (Å²) in [6.45, 7) is 10.5. The number of carbonyl (C=O) groups excluding carboxylic acids is 1. The highest BCUT2D eigenvalue weighted by molar-refractivity contribution is 5.77. The minimum Gasteiger partial charge on any atom is -0.397 e. The third-order valence-electron chi connectivity index (χ3n) is 5.31. The molecule has 1 fully saturated rings. The van der Waals surface area contributed by atoms with Crippen molar-refractivity contribution >= 4 is 17.3 Å². The first-order chi connectivity index (χ1) is 11.5. The van der Waals surface area contributed by atoms with Gasteiger partial charge in [-0.25, -0.2) is 0 Å². The van der Waals surface area contributed by atoms with Crippen molar-refractivity contribution in [3.63, 3.8) is 0 Å². The molecule has 24 heavy (non-hydrogen) atoms. The van der Waals surface area contributed by atoms with Gasteiger partial charge in [0.25, 0.3) is 0 Å². The Labute approximate surface area is 147 Å². The SMILES string of the molecule is CCN(CC)c1ccc(CCC(=O)N2C(C)CCCC2C)cc1N. The lowest BCUT2D eigenvalue weighted by atomic mass is 9.96. The molecule has 2 rings (SSSR count). The first-order valence-corrected chi connectivity index (χ1v) is 9.42. The molecule has 1 saturated heterocycles. The van der Waals surface area contributed by atoms with E-state index in [0.717, 1.165) is 49.3 Å². The van der Waals surface area contributed by atoms with Crippen molar-refractivity contribution in [3.8, 4) is 0 Å². The Morgan fingerprint density at radius 1 is 1.21 bits per heavy atom. The van der Waals surface area contributed by atoms with Crippen LogP contribution in [0, 0.1) is 0 Å². The van der Waals surface area contributed by atoms with Crippen LogP contribution in [-0.4, -0.2) is 36.0 Å². The van der Waals surface area contributed by atoms with Crippen LogP contribution in [0.25, 0.3) is 0 Å². The summed E-state index contributed by atoms with van der Waals surface area (Å²) < 4.78 is 0. The second kappa shape index (κ2) is 8.41. The lowest BCUT2D eigenvalue weighted by Crippen LogP contribution is -2.47.